The van der Waals surface area contributed by atoms with Crippen LogP contribution < -0.4 is 0 Å². The van der Waals surface area contributed by atoms with E-state index in [1.54, 1.807) is 0 Å². The van der Waals surface area contributed by atoms with Crippen LogP contribution in [0.2, 0.25) is 0 Å². The van der Waals surface area contributed by atoms with E-state index in [0.717, 1.165) is 6.92 Å². The maximum Gasteiger partial charge on any atom is 0.438 e. The zero-order chi connectivity index (χ0) is 26.6. The van der Waals surface area contributed by atoms with Crippen molar-refractivity contribution in [2.45, 2.75) is 67.1 Å². The lowest BCUT2D eigenvalue weighted by atomic mass is 9.84. The Bertz CT molecular complexity index is 642. The third kappa shape index (κ3) is 3.82. The first-order valence-electron chi connectivity index (χ1n) is 7.29. The maximum absolute atomic E-state index is 13.4. The first kappa shape index (κ1) is 30.6. The van der Waals surface area contributed by atoms with Crippen LogP contribution in [-0.4, -0.2) is 60.3 Å². The number of ether oxygens (including phenoxy) is 1. The van der Waals surface area contributed by atoms with Crippen LogP contribution in [0.1, 0.15) is 13.3 Å². The summed E-state index contributed by atoms with van der Waals surface area (Å²) < 4.78 is 249. The van der Waals surface area contributed by atoms with Gasteiger partial charge < -0.3 is 4.74 Å². The van der Waals surface area contributed by atoms with Crippen LogP contribution in [0, 0.1) is 0 Å². The van der Waals surface area contributed by atoms with Gasteiger partial charge in [-0.3, -0.25) is 0 Å². The molecule has 0 N–H and O–H groups in total. The zero-order valence-corrected chi connectivity index (χ0v) is 14.5. The van der Waals surface area contributed by atoms with Crippen LogP contribution in [0.3, 0.4) is 0 Å². The molecule has 0 heterocycles. The van der Waals surface area contributed by atoms with Crippen LogP contribution in [-0.2, 0) is 4.74 Å². The smallest absolute Gasteiger partial charge is 0.316 e. The summed E-state index contributed by atoms with van der Waals surface area (Å²) in [7, 11) is 0. The Morgan fingerprint density at radius 1 is 0.438 bits per heavy atom. The fourth-order valence-corrected chi connectivity index (χ4v) is 1.83. The van der Waals surface area contributed by atoms with E-state index in [2.05, 4.69) is 4.74 Å². The van der Waals surface area contributed by atoms with Crippen molar-refractivity contribution in [3.8, 4) is 0 Å². The van der Waals surface area contributed by atoms with E-state index in [1.807, 2.05) is 0 Å². The van der Waals surface area contributed by atoms with Crippen LogP contribution >= 0.6 is 0 Å². The highest BCUT2D eigenvalue weighted by Gasteiger charge is 2.98. The van der Waals surface area contributed by atoms with Gasteiger partial charge >= 0.3 is 53.7 Å². The van der Waals surface area contributed by atoms with Gasteiger partial charge in [-0.2, -0.15) is 79.0 Å². The van der Waals surface area contributed by atoms with Crippen molar-refractivity contribution in [1.29, 1.82) is 0 Å². The second-order valence-corrected chi connectivity index (χ2v) is 5.89. The standard InChI is InChI=1S/C12H7F19O/c1-2-3-32-12(30,31)9(22,23)8(20,21)7(18,19)6(16,17)5(14,15)4(13,10(24,25)26)11(27,28)29/h2-3H2,1H3. The molecule has 0 aliphatic carbocycles. The molecule has 0 rings (SSSR count). The van der Waals surface area contributed by atoms with E-state index in [4.69, 9.17) is 0 Å². The number of hydrogen-bond acceptors (Lipinski definition) is 1. The number of halogens is 19. The lowest BCUT2D eigenvalue weighted by Crippen LogP contribution is -2.77. The fourth-order valence-electron chi connectivity index (χ4n) is 1.83. The first-order valence-corrected chi connectivity index (χ1v) is 7.29. The van der Waals surface area contributed by atoms with Crippen LogP contribution in [0.4, 0.5) is 83.4 Å². The molecular weight excluding hydrogens is 521 g/mol. The van der Waals surface area contributed by atoms with Crippen LogP contribution in [0.25, 0.3) is 0 Å². The molecule has 0 saturated heterocycles. The van der Waals surface area contributed by atoms with Crippen molar-refractivity contribution in [2.75, 3.05) is 6.61 Å². The summed E-state index contributed by atoms with van der Waals surface area (Å²) in [5, 5.41) is 0. The molecule has 0 unspecified atom stereocenters. The minimum absolute atomic E-state index is 0.761. The van der Waals surface area contributed by atoms with Gasteiger partial charge in [-0.05, 0) is 6.42 Å². The molecule has 0 amide bonds. The molecular formula is C12H7F19O. The average Bonchev–Trinajstić information content (AvgIpc) is 2.56. The van der Waals surface area contributed by atoms with Crippen molar-refractivity contribution in [1.82, 2.24) is 0 Å². The van der Waals surface area contributed by atoms with E-state index in [1.165, 1.54) is 0 Å². The fraction of sp³-hybridized carbons (Fsp3) is 1.00. The molecule has 0 atom stereocenters. The first-order chi connectivity index (χ1) is 13.6. The zero-order valence-electron chi connectivity index (χ0n) is 14.5. The Labute approximate surface area is 163 Å². The Kier molecular flexibility index (Phi) is 7.51. The highest BCUT2D eigenvalue weighted by atomic mass is 19.4. The lowest BCUT2D eigenvalue weighted by Gasteiger charge is -2.44. The molecule has 0 aliphatic heterocycles. The SMILES string of the molecule is CCCOC(F)(F)C(F)(F)C(F)(F)C(F)(F)C(F)(F)C(F)(F)C(F)(C(F)(F)F)C(F)(F)F. The largest absolute Gasteiger partial charge is 0.438 e. The molecule has 194 valence electrons. The second kappa shape index (κ2) is 7.85. The van der Waals surface area contributed by atoms with Crippen molar-refractivity contribution < 1.29 is 88.2 Å². The molecule has 0 spiro atoms. The van der Waals surface area contributed by atoms with E-state index < -0.39 is 66.8 Å². The molecule has 0 bridgehead atoms. The molecule has 0 aromatic rings. The molecule has 0 radical (unpaired) electrons. The predicted octanol–water partition coefficient (Wildman–Crippen LogP) is 7.02. The average molecular weight is 528 g/mol. The molecule has 0 aliphatic rings. The van der Waals surface area contributed by atoms with E-state index in [0.29, 0.717) is 0 Å². The quantitative estimate of drug-likeness (QED) is 0.293. The predicted molar refractivity (Wildman–Crippen MR) is 61.9 cm³/mol. The van der Waals surface area contributed by atoms with E-state index in [9.17, 15) is 83.4 Å². The molecule has 32 heavy (non-hydrogen) atoms. The molecule has 20 heteroatoms. The van der Waals surface area contributed by atoms with Crippen molar-refractivity contribution in [2.24, 2.45) is 0 Å². The minimum atomic E-state index is -9.01. The molecule has 1 nitrogen and oxygen atoms in total. The summed E-state index contributed by atoms with van der Waals surface area (Å²) in [5.74, 6) is -43.4. The van der Waals surface area contributed by atoms with Gasteiger partial charge in [-0.25, -0.2) is 4.39 Å². The second-order valence-electron chi connectivity index (χ2n) is 5.89. The topological polar surface area (TPSA) is 9.23 Å². The summed E-state index contributed by atoms with van der Waals surface area (Å²) in [6.07, 6.45) is -24.2. The summed E-state index contributed by atoms with van der Waals surface area (Å²) in [4.78, 5) is 0. The van der Waals surface area contributed by atoms with Crippen LogP contribution in [0.15, 0.2) is 0 Å². The number of hydrogen-bond donors (Lipinski definition) is 0. The van der Waals surface area contributed by atoms with Crippen molar-refractivity contribution >= 4 is 0 Å². The molecule has 0 aromatic carbocycles. The lowest BCUT2D eigenvalue weighted by molar-refractivity contribution is -0.484. The number of alkyl halides is 19. The molecule has 0 aromatic heterocycles. The van der Waals surface area contributed by atoms with Gasteiger partial charge in [-0.1, -0.05) is 6.92 Å². The normalized spacial score (nSPS) is 16.5. The molecule has 0 fully saturated rings. The van der Waals surface area contributed by atoms with Gasteiger partial charge in [0, 0.05) is 0 Å². The summed E-state index contributed by atoms with van der Waals surface area (Å²) >= 11 is 0. The van der Waals surface area contributed by atoms with Gasteiger partial charge in [0.1, 0.15) is 0 Å². The number of rotatable bonds is 9. The third-order valence-electron chi connectivity index (χ3n) is 3.64. The summed E-state index contributed by atoms with van der Waals surface area (Å²) in [6.45, 7) is -0.878. The van der Waals surface area contributed by atoms with Gasteiger partial charge in [0.25, 0.3) is 0 Å². The highest BCUT2D eigenvalue weighted by molar-refractivity contribution is 5.18. The van der Waals surface area contributed by atoms with E-state index >= 15 is 0 Å². The Morgan fingerprint density at radius 3 is 1.00 bits per heavy atom. The van der Waals surface area contributed by atoms with Gasteiger partial charge in [0.15, 0.2) is 0 Å². The monoisotopic (exact) mass is 528 g/mol. The Balaban J connectivity index is 6.97. The minimum Gasteiger partial charge on any atom is -0.316 e. The Hall–Kier alpha value is -1.37. The highest BCUT2D eigenvalue weighted by Crippen LogP contribution is 2.66. The maximum atomic E-state index is 13.4. The van der Waals surface area contributed by atoms with E-state index in [-0.39, 0.29) is 0 Å². The molecule has 0 saturated carbocycles. The Morgan fingerprint density at radius 2 is 0.719 bits per heavy atom. The van der Waals surface area contributed by atoms with Crippen molar-refractivity contribution in [3.05, 3.63) is 0 Å². The third-order valence-corrected chi connectivity index (χ3v) is 3.64. The van der Waals surface area contributed by atoms with Gasteiger partial charge in [0.05, 0.1) is 6.61 Å². The van der Waals surface area contributed by atoms with Gasteiger partial charge in [-0.15, -0.1) is 0 Å². The van der Waals surface area contributed by atoms with Gasteiger partial charge in [0.2, 0.25) is 0 Å². The summed E-state index contributed by atoms with van der Waals surface area (Å²) in [5.41, 5.74) is -8.73. The summed E-state index contributed by atoms with van der Waals surface area (Å²) in [6, 6.07) is 0. The van der Waals surface area contributed by atoms with Crippen molar-refractivity contribution in [3.63, 3.8) is 0 Å². The van der Waals surface area contributed by atoms with Crippen LogP contribution in [0.5, 0.6) is 0 Å².